The molecule has 4 nitrogen and oxygen atoms in total. The van der Waals surface area contributed by atoms with Crippen LogP contribution in [0.3, 0.4) is 0 Å². The Balaban J connectivity index is 1.36. The van der Waals surface area contributed by atoms with Crippen molar-refractivity contribution in [3.63, 3.8) is 0 Å². The molecule has 2 aromatic carbocycles. The molecule has 0 N–H and O–H groups in total. The predicted octanol–water partition coefficient (Wildman–Crippen LogP) is 3.90. The van der Waals surface area contributed by atoms with Gasteiger partial charge in [0.15, 0.2) is 0 Å². The van der Waals surface area contributed by atoms with Crippen LogP contribution in [0.4, 0.5) is 0 Å². The predicted molar refractivity (Wildman–Crippen MR) is 114 cm³/mol. The molecule has 1 amide bonds. The smallest absolute Gasteiger partial charge is 0.246 e. The normalized spacial score (nSPS) is 15.4. The van der Waals surface area contributed by atoms with Crippen molar-refractivity contribution in [2.24, 2.45) is 0 Å². The van der Waals surface area contributed by atoms with Crippen LogP contribution in [0.2, 0.25) is 0 Å². The van der Waals surface area contributed by atoms with Crippen molar-refractivity contribution in [2.75, 3.05) is 26.2 Å². The van der Waals surface area contributed by atoms with Crippen molar-refractivity contribution in [2.45, 2.75) is 13.5 Å². The first-order valence-electron chi connectivity index (χ1n) is 9.78. The zero-order valence-corrected chi connectivity index (χ0v) is 16.2. The maximum atomic E-state index is 12.6. The number of aryl methyl sites for hydroxylation is 1. The molecule has 142 valence electrons. The molecule has 0 radical (unpaired) electrons. The van der Waals surface area contributed by atoms with E-state index >= 15 is 0 Å². The Morgan fingerprint density at radius 2 is 1.79 bits per heavy atom. The van der Waals surface area contributed by atoms with Crippen LogP contribution in [0.15, 0.2) is 66.9 Å². The Hall–Kier alpha value is -2.98. The number of nitrogens with zero attached hydrogens (tertiary/aromatic N) is 3. The van der Waals surface area contributed by atoms with Crippen LogP contribution in [0.25, 0.3) is 17.0 Å². The average Bonchev–Trinajstić information content (AvgIpc) is 2.74. The molecule has 0 unspecified atom stereocenters. The van der Waals surface area contributed by atoms with Gasteiger partial charge in [-0.2, -0.15) is 0 Å². The van der Waals surface area contributed by atoms with Crippen molar-refractivity contribution in [3.05, 3.63) is 83.6 Å². The molecule has 0 bridgehead atoms. The molecule has 1 aliphatic rings. The van der Waals surface area contributed by atoms with E-state index in [0.717, 1.165) is 49.2 Å². The molecule has 1 aliphatic heterocycles. The van der Waals surface area contributed by atoms with Crippen molar-refractivity contribution in [3.8, 4) is 0 Å². The van der Waals surface area contributed by atoms with Gasteiger partial charge in [-0.05, 0) is 30.2 Å². The average molecular weight is 371 g/mol. The van der Waals surface area contributed by atoms with Crippen LogP contribution in [0.1, 0.15) is 16.7 Å². The molecular weight excluding hydrogens is 346 g/mol. The van der Waals surface area contributed by atoms with Gasteiger partial charge in [0.05, 0.1) is 5.52 Å². The summed E-state index contributed by atoms with van der Waals surface area (Å²) < 4.78 is 0. The van der Waals surface area contributed by atoms with Gasteiger partial charge < -0.3 is 4.90 Å². The number of fused-ring (bicyclic) bond motifs is 1. The lowest BCUT2D eigenvalue weighted by Gasteiger charge is -2.34. The fourth-order valence-electron chi connectivity index (χ4n) is 3.68. The van der Waals surface area contributed by atoms with Crippen LogP contribution in [-0.4, -0.2) is 46.9 Å². The number of hydrogen-bond donors (Lipinski definition) is 0. The van der Waals surface area contributed by atoms with E-state index in [1.54, 1.807) is 12.3 Å². The van der Waals surface area contributed by atoms with E-state index in [9.17, 15) is 4.79 Å². The molecule has 2 heterocycles. The number of hydrogen-bond acceptors (Lipinski definition) is 3. The summed E-state index contributed by atoms with van der Waals surface area (Å²) in [6.07, 6.45) is 5.35. The number of rotatable bonds is 4. The first-order chi connectivity index (χ1) is 13.7. The lowest BCUT2D eigenvalue weighted by molar-refractivity contribution is -0.127. The summed E-state index contributed by atoms with van der Waals surface area (Å²) in [6.45, 7) is 6.45. The number of aromatic nitrogens is 1. The maximum Gasteiger partial charge on any atom is 0.246 e. The van der Waals surface area contributed by atoms with Crippen LogP contribution in [-0.2, 0) is 11.3 Å². The van der Waals surface area contributed by atoms with E-state index < -0.39 is 0 Å². The number of para-hydroxylation sites is 1. The second kappa shape index (κ2) is 8.36. The van der Waals surface area contributed by atoms with Gasteiger partial charge in [0.2, 0.25) is 5.91 Å². The minimum Gasteiger partial charge on any atom is -0.337 e. The van der Waals surface area contributed by atoms with E-state index in [1.165, 1.54) is 11.1 Å². The van der Waals surface area contributed by atoms with Gasteiger partial charge in [-0.15, -0.1) is 0 Å². The summed E-state index contributed by atoms with van der Waals surface area (Å²) in [5, 5.41) is 1.09. The van der Waals surface area contributed by atoms with E-state index in [2.05, 4.69) is 41.1 Å². The summed E-state index contributed by atoms with van der Waals surface area (Å²) in [5.41, 5.74) is 4.60. The zero-order chi connectivity index (χ0) is 19.3. The SMILES string of the molecule is Cc1ccccc1CN1CCN(C(=O)/C=C/c2cccc3cccnc23)CC1. The maximum absolute atomic E-state index is 12.6. The summed E-state index contributed by atoms with van der Waals surface area (Å²) >= 11 is 0. The Kier molecular flexibility index (Phi) is 5.49. The van der Waals surface area contributed by atoms with Gasteiger partial charge >= 0.3 is 0 Å². The topological polar surface area (TPSA) is 36.4 Å². The molecule has 1 saturated heterocycles. The highest BCUT2D eigenvalue weighted by atomic mass is 16.2. The van der Waals surface area contributed by atoms with Gasteiger partial charge in [-0.3, -0.25) is 14.7 Å². The van der Waals surface area contributed by atoms with Crippen molar-refractivity contribution < 1.29 is 4.79 Å². The fourth-order valence-corrected chi connectivity index (χ4v) is 3.68. The third-order valence-corrected chi connectivity index (χ3v) is 5.41. The number of carbonyl (C=O) groups is 1. The Morgan fingerprint density at radius 1 is 1.00 bits per heavy atom. The van der Waals surface area contributed by atoms with Gasteiger partial charge in [-0.25, -0.2) is 0 Å². The van der Waals surface area contributed by atoms with Crippen LogP contribution in [0.5, 0.6) is 0 Å². The Morgan fingerprint density at radius 3 is 2.61 bits per heavy atom. The summed E-state index contributed by atoms with van der Waals surface area (Å²) in [5.74, 6) is 0.0727. The third kappa shape index (κ3) is 4.12. The van der Waals surface area contributed by atoms with Crippen molar-refractivity contribution in [1.29, 1.82) is 0 Å². The number of carbonyl (C=O) groups excluding carboxylic acids is 1. The second-order valence-electron chi connectivity index (χ2n) is 7.28. The van der Waals surface area contributed by atoms with Gasteiger partial charge in [0.25, 0.3) is 0 Å². The molecule has 4 rings (SSSR count). The number of benzene rings is 2. The lowest BCUT2D eigenvalue weighted by Crippen LogP contribution is -2.47. The van der Waals surface area contributed by atoms with Gasteiger partial charge in [-0.1, -0.05) is 48.5 Å². The molecule has 1 aromatic heterocycles. The molecule has 0 spiro atoms. The van der Waals surface area contributed by atoms with E-state index in [4.69, 9.17) is 0 Å². The van der Waals surface area contributed by atoms with E-state index in [1.807, 2.05) is 41.3 Å². The minimum absolute atomic E-state index is 0.0727. The van der Waals surface area contributed by atoms with Crippen molar-refractivity contribution in [1.82, 2.24) is 14.8 Å². The van der Waals surface area contributed by atoms with Gasteiger partial charge in [0, 0.05) is 55.9 Å². The largest absolute Gasteiger partial charge is 0.337 e. The molecule has 4 heteroatoms. The van der Waals surface area contributed by atoms with Crippen LogP contribution in [0, 0.1) is 6.92 Å². The summed E-state index contributed by atoms with van der Waals surface area (Å²) in [6, 6.07) is 18.5. The van der Waals surface area contributed by atoms with Gasteiger partial charge in [0.1, 0.15) is 0 Å². The molecule has 0 aliphatic carbocycles. The highest BCUT2D eigenvalue weighted by molar-refractivity contribution is 5.95. The first kappa shape index (κ1) is 18.4. The third-order valence-electron chi connectivity index (χ3n) is 5.41. The second-order valence-corrected chi connectivity index (χ2v) is 7.28. The van der Waals surface area contributed by atoms with Crippen molar-refractivity contribution >= 4 is 22.9 Å². The monoisotopic (exact) mass is 371 g/mol. The number of piperazine rings is 1. The molecule has 28 heavy (non-hydrogen) atoms. The summed E-state index contributed by atoms with van der Waals surface area (Å²) in [7, 11) is 0. The highest BCUT2D eigenvalue weighted by Crippen LogP contribution is 2.18. The standard InChI is InChI=1S/C24H25N3O/c1-19-6-2-3-7-22(19)18-26-14-16-27(17-15-26)23(28)12-11-21-9-4-8-20-10-5-13-25-24(20)21/h2-13H,14-18H2,1H3/b12-11+. The minimum atomic E-state index is 0.0727. The van der Waals surface area contributed by atoms with E-state index in [0.29, 0.717) is 0 Å². The molecule has 1 fully saturated rings. The lowest BCUT2D eigenvalue weighted by atomic mass is 10.1. The highest BCUT2D eigenvalue weighted by Gasteiger charge is 2.20. The van der Waals surface area contributed by atoms with Crippen LogP contribution < -0.4 is 0 Å². The molecule has 3 aromatic rings. The number of amides is 1. The zero-order valence-electron chi connectivity index (χ0n) is 16.2. The summed E-state index contributed by atoms with van der Waals surface area (Å²) in [4.78, 5) is 21.4. The molecule has 0 saturated carbocycles. The fraction of sp³-hybridized carbons (Fsp3) is 0.250. The molecule has 0 atom stereocenters. The first-order valence-corrected chi connectivity index (χ1v) is 9.78. The quantitative estimate of drug-likeness (QED) is 0.653. The van der Waals surface area contributed by atoms with E-state index in [-0.39, 0.29) is 5.91 Å². The van der Waals surface area contributed by atoms with Crippen LogP contribution >= 0.6 is 0 Å². The number of pyridine rings is 1. The molecular formula is C24H25N3O. The Bertz CT molecular complexity index is 998. The Labute approximate surface area is 166 Å².